The molecule has 20 heavy (non-hydrogen) atoms. The Morgan fingerprint density at radius 2 is 2.10 bits per heavy atom. The largest absolute Gasteiger partial charge is 0.497 e. The van der Waals surface area contributed by atoms with Crippen LogP contribution in [-0.2, 0) is 11.3 Å². The van der Waals surface area contributed by atoms with Gasteiger partial charge < -0.3 is 20.3 Å². The first-order valence-electron chi connectivity index (χ1n) is 5.66. The molecule has 3 N–H and O–H groups in total. The van der Waals surface area contributed by atoms with Gasteiger partial charge in [-0.2, -0.15) is 4.98 Å². The minimum Gasteiger partial charge on any atom is -0.497 e. The van der Waals surface area contributed by atoms with Crippen molar-refractivity contribution in [2.45, 2.75) is 6.54 Å². The van der Waals surface area contributed by atoms with Crippen LogP contribution in [0.4, 0.5) is 0 Å². The van der Waals surface area contributed by atoms with Crippen LogP contribution in [0.5, 0.6) is 5.75 Å². The third-order valence-corrected chi connectivity index (χ3v) is 2.44. The summed E-state index contributed by atoms with van der Waals surface area (Å²) < 4.78 is 10.1. The first-order chi connectivity index (χ1) is 9.22. The molecule has 0 spiro atoms. The van der Waals surface area contributed by atoms with Crippen molar-refractivity contribution in [3.63, 3.8) is 0 Å². The van der Waals surface area contributed by atoms with Crippen LogP contribution in [0, 0.1) is 0 Å². The van der Waals surface area contributed by atoms with Crippen LogP contribution >= 0.6 is 12.4 Å². The summed E-state index contributed by atoms with van der Waals surface area (Å²) in [6.45, 7) is 0.0959. The highest BCUT2D eigenvalue weighted by atomic mass is 35.5. The third kappa shape index (κ3) is 3.94. The summed E-state index contributed by atoms with van der Waals surface area (Å²) in [6.07, 6.45) is 0. The highest BCUT2D eigenvalue weighted by Crippen LogP contribution is 2.19. The molecule has 0 aliphatic heterocycles. The van der Waals surface area contributed by atoms with Crippen LogP contribution in [-0.4, -0.2) is 29.7 Å². The highest BCUT2D eigenvalue weighted by Gasteiger charge is 2.09. The molecule has 0 saturated carbocycles. The van der Waals surface area contributed by atoms with E-state index in [9.17, 15) is 4.79 Å². The summed E-state index contributed by atoms with van der Waals surface area (Å²) in [7, 11) is 1.60. The minimum atomic E-state index is -0.274. The number of rotatable bonds is 5. The van der Waals surface area contributed by atoms with Crippen molar-refractivity contribution in [3.05, 3.63) is 30.2 Å². The van der Waals surface area contributed by atoms with Crippen molar-refractivity contribution < 1.29 is 14.1 Å². The number of hydrogen-bond donors (Lipinski definition) is 2. The van der Waals surface area contributed by atoms with Crippen molar-refractivity contribution in [2.24, 2.45) is 5.73 Å². The summed E-state index contributed by atoms with van der Waals surface area (Å²) >= 11 is 0. The number of nitrogens with two attached hydrogens (primary N) is 1. The molecule has 2 aromatic rings. The predicted octanol–water partition coefficient (Wildman–Crippen LogP) is 0.742. The molecule has 1 aromatic heterocycles. The van der Waals surface area contributed by atoms with E-state index < -0.39 is 0 Å². The van der Waals surface area contributed by atoms with Crippen molar-refractivity contribution in [3.8, 4) is 17.1 Å². The number of methoxy groups -OCH3 is 1. The number of ether oxygens (including phenoxy) is 1. The van der Waals surface area contributed by atoms with E-state index in [0.717, 1.165) is 11.3 Å². The monoisotopic (exact) mass is 298 g/mol. The summed E-state index contributed by atoms with van der Waals surface area (Å²) in [6, 6.07) is 7.26. The van der Waals surface area contributed by atoms with Crippen LogP contribution in [0.3, 0.4) is 0 Å². The second-order valence-electron chi connectivity index (χ2n) is 3.72. The number of halogens is 1. The lowest BCUT2D eigenvalue weighted by Crippen LogP contribution is -2.29. The van der Waals surface area contributed by atoms with Gasteiger partial charge in [0.05, 0.1) is 20.2 Å². The van der Waals surface area contributed by atoms with Crippen LogP contribution in [0.15, 0.2) is 28.8 Å². The molecule has 7 nitrogen and oxygen atoms in total. The Balaban J connectivity index is 0.00000200. The van der Waals surface area contributed by atoms with Gasteiger partial charge in [0.2, 0.25) is 17.6 Å². The Kier molecular flexibility index (Phi) is 5.95. The molecule has 0 radical (unpaired) electrons. The van der Waals surface area contributed by atoms with E-state index in [1.165, 1.54) is 0 Å². The minimum absolute atomic E-state index is 0. The number of benzene rings is 1. The zero-order valence-electron chi connectivity index (χ0n) is 10.8. The van der Waals surface area contributed by atoms with Crippen LogP contribution in [0.1, 0.15) is 5.89 Å². The topological polar surface area (TPSA) is 103 Å². The Morgan fingerprint density at radius 1 is 1.40 bits per heavy atom. The van der Waals surface area contributed by atoms with Crippen molar-refractivity contribution >= 4 is 18.3 Å². The molecule has 0 aliphatic rings. The van der Waals surface area contributed by atoms with Gasteiger partial charge in [-0.25, -0.2) is 0 Å². The molecule has 2 rings (SSSR count). The second kappa shape index (κ2) is 7.46. The summed E-state index contributed by atoms with van der Waals surface area (Å²) in [4.78, 5) is 15.2. The Labute approximate surface area is 121 Å². The molecule has 108 valence electrons. The number of nitrogens with one attached hydrogen (secondary N) is 1. The summed E-state index contributed by atoms with van der Waals surface area (Å²) in [5.74, 6) is 1.26. The van der Waals surface area contributed by atoms with Crippen LogP contribution < -0.4 is 15.8 Å². The summed E-state index contributed by atoms with van der Waals surface area (Å²) in [5.41, 5.74) is 5.98. The Hall–Kier alpha value is -2.12. The van der Waals surface area contributed by atoms with Gasteiger partial charge in [0.15, 0.2) is 0 Å². The number of carbonyl (C=O) groups excluding carboxylic acids is 1. The Bertz CT molecular complexity index is 556. The molecule has 1 amide bonds. The number of amides is 1. The smallest absolute Gasteiger partial charge is 0.246 e. The van der Waals surface area contributed by atoms with Gasteiger partial charge in [-0.05, 0) is 24.3 Å². The van der Waals surface area contributed by atoms with Gasteiger partial charge in [-0.3, -0.25) is 4.79 Å². The number of hydrogen-bond acceptors (Lipinski definition) is 6. The molecule has 0 unspecified atom stereocenters. The van der Waals surface area contributed by atoms with Gasteiger partial charge in [0, 0.05) is 5.56 Å². The normalized spacial score (nSPS) is 9.70. The molecular weight excluding hydrogens is 284 g/mol. The van der Waals surface area contributed by atoms with Gasteiger partial charge in [0.25, 0.3) is 0 Å². The van der Waals surface area contributed by atoms with Gasteiger partial charge in [-0.15, -0.1) is 12.4 Å². The zero-order chi connectivity index (χ0) is 13.7. The van der Waals surface area contributed by atoms with E-state index in [-0.39, 0.29) is 31.4 Å². The van der Waals surface area contributed by atoms with E-state index in [1.807, 2.05) is 24.3 Å². The molecule has 1 aromatic carbocycles. The fourth-order valence-corrected chi connectivity index (χ4v) is 1.43. The maximum Gasteiger partial charge on any atom is 0.246 e. The highest BCUT2D eigenvalue weighted by molar-refractivity contribution is 5.85. The first-order valence-corrected chi connectivity index (χ1v) is 5.66. The van der Waals surface area contributed by atoms with E-state index >= 15 is 0 Å². The molecule has 0 bridgehead atoms. The van der Waals surface area contributed by atoms with E-state index in [1.54, 1.807) is 7.11 Å². The molecule has 8 heteroatoms. The molecule has 0 saturated heterocycles. The zero-order valence-corrected chi connectivity index (χ0v) is 11.6. The summed E-state index contributed by atoms with van der Waals surface area (Å²) in [5, 5.41) is 6.39. The molecule has 1 heterocycles. The van der Waals surface area contributed by atoms with Crippen molar-refractivity contribution in [1.82, 2.24) is 15.5 Å². The maximum atomic E-state index is 11.0. The van der Waals surface area contributed by atoms with E-state index in [2.05, 4.69) is 15.5 Å². The quantitative estimate of drug-likeness (QED) is 0.844. The number of nitrogens with zero attached hydrogens (tertiary/aromatic N) is 2. The van der Waals surface area contributed by atoms with Crippen LogP contribution in [0.25, 0.3) is 11.4 Å². The van der Waals surface area contributed by atoms with Crippen LogP contribution in [0.2, 0.25) is 0 Å². The molecule has 0 aliphatic carbocycles. The molecule has 0 atom stereocenters. The third-order valence-electron chi connectivity index (χ3n) is 2.44. The lowest BCUT2D eigenvalue weighted by atomic mass is 10.2. The van der Waals surface area contributed by atoms with Gasteiger partial charge >= 0.3 is 0 Å². The van der Waals surface area contributed by atoms with E-state index in [4.69, 9.17) is 15.0 Å². The first kappa shape index (κ1) is 15.9. The predicted molar refractivity (Wildman–Crippen MR) is 74.4 cm³/mol. The fraction of sp³-hybridized carbons (Fsp3) is 0.250. The lowest BCUT2D eigenvalue weighted by molar-refractivity contribution is -0.120. The van der Waals surface area contributed by atoms with Crippen molar-refractivity contribution in [2.75, 3.05) is 13.7 Å². The Morgan fingerprint density at radius 3 is 2.70 bits per heavy atom. The van der Waals surface area contributed by atoms with Gasteiger partial charge in [-0.1, -0.05) is 5.16 Å². The molecule has 0 fully saturated rings. The lowest BCUT2D eigenvalue weighted by Gasteiger charge is -1.99. The average molecular weight is 299 g/mol. The van der Waals surface area contributed by atoms with Gasteiger partial charge in [0.1, 0.15) is 5.75 Å². The van der Waals surface area contributed by atoms with Crippen molar-refractivity contribution in [1.29, 1.82) is 0 Å². The average Bonchev–Trinajstić information content (AvgIpc) is 2.93. The standard InChI is InChI=1S/C12H14N4O3.ClH/c1-18-9-4-2-8(3-5-9)12-15-11(19-16-12)7-14-10(17)6-13;/h2-5H,6-7,13H2,1H3,(H,14,17);1H. The number of aromatic nitrogens is 2. The fourth-order valence-electron chi connectivity index (χ4n) is 1.43. The van der Waals surface area contributed by atoms with E-state index in [0.29, 0.717) is 11.7 Å². The molecular formula is C12H15ClN4O3. The second-order valence-corrected chi connectivity index (χ2v) is 3.72. The number of carbonyl (C=O) groups is 1. The maximum absolute atomic E-state index is 11.0. The SMILES string of the molecule is COc1ccc(-c2noc(CNC(=O)CN)n2)cc1.Cl.